The molecular weight excluding hydrogens is 373 g/mol. The number of hydrogen-bond acceptors (Lipinski definition) is 6. The monoisotopic (exact) mass is 399 g/mol. The summed E-state index contributed by atoms with van der Waals surface area (Å²) < 4.78 is 1.85. The second kappa shape index (κ2) is 8.96. The molecule has 0 bridgehead atoms. The zero-order valence-electron chi connectivity index (χ0n) is 17.6. The Morgan fingerprint density at radius 1 is 1.03 bits per heavy atom. The minimum Gasteiger partial charge on any atom is -0.369 e. The van der Waals surface area contributed by atoms with E-state index in [1.165, 1.54) is 0 Å². The predicted octanol–water partition coefficient (Wildman–Crippen LogP) is 1.64. The van der Waals surface area contributed by atoms with E-state index in [1.54, 1.807) is 0 Å². The SMILES string of the molecule is Bc1cnn2c(NCc3ccc(NCCN(C)C)nc3)cc(-c3ccccc3)nc12. The number of pyridine rings is 1. The summed E-state index contributed by atoms with van der Waals surface area (Å²) >= 11 is 0. The minimum atomic E-state index is 0.650. The van der Waals surface area contributed by atoms with Crippen molar-refractivity contribution >= 4 is 30.6 Å². The molecule has 0 aliphatic heterocycles. The van der Waals surface area contributed by atoms with Crippen molar-refractivity contribution in [2.24, 2.45) is 0 Å². The average Bonchev–Trinajstić information content (AvgIpc) is 3.14. The van der Waals surface area contributed by atoms with E-state index in [-0.39, 0.29) is 0 Å². The number of nitrogens with zero attached hydrogens (tertiary/aromatic N) is 5. The number of nitrogens with one attached hydrogen (secondary N) is 2. The smallest absolute Gasteiger partial charge is 0.151 e. The van der Waals surface area contributed by atoms with Crippen LogP contribution in [0.25, 0.3) is 16.9 Å². The first-order valence-electron chi connectivity index (χ1n) is 10.1. The molecule has 30 heavy (non-hydrogen) atoms. The largest absolute Gasteiger partial charge is 0.369 e. The molecule has 7 nitrogen and oxygen atoms in total. The number of rotatable bonds is 8. The van der Waals surface area contributed by atoms with Crippen LogP contribution in [0.3, 0.4) is 0 Å². The van der Waals surface area contributed by atoms with E-state index >= 15 is 0 Å². The van der Waals surface area contributed by atoms with Crippen molar-refractivity contribution in [1.29, 1.82) is 0 Å². The van der Waals surface area contributed by atoms with Crippen molar-refractivity contribution in [3.63, 3.8) is 0 Å². The van der Waals surface area contributed by atoms with E-state index < -0.39 is 0 Å². The quantitative estimate of drug-likeness (QED) is 0.439. The Kier molecular flexibility index (Phi) is 5.95. The second-order valence-electron chi connectivity index (χ2n) is 7.59. The van der Waals surface area contributed by atoms with E-state index in [1.807, 2.05) is 55.1 Å². The number of benzene rings is 1. The predicted molar refractivity (Wildman–Crippen MR) is 125 cm³/mol. The molecule has 0 saturated heterocycles. The van der Waals surface area contributed by atoms with Crippen LogP contribution < -0.4 is 16.1 Å². The van der Waals surface area contributed by atoms with E-state index in [9.17, 15) is 0 Å². The Hall–Kier alpha value is -3.39. The summed E-state index contributed by atoms with van der Waals surface area (Å²) in [5, 5.41) is 11.3. The Balaban J connectivity index is 1.51. The molecule has 1 aromatic carbocycles. The van der Waals surface area contributed by atoms with Crippen LogP contribution in [0, 0.1) is 0 Å². The highest BCUT2D eigenvalue weighted by Crippen LogP contribution is 2.21. The molecule has 4 rings (SSSR count). The van der Waals surface area contributed by atoms with Crippen LogP contribution in [0.1, 0.15) is 5.56 Å². The van der Waals surface area contributed by atoms with Gasteiger partial charge in [0.25, 0.3) is 0 Å². The third-order valence-corrected chi connectivity index (χ3v) is 4.88. The summed E-state index contributed by atoms with van der Waals surface area (Å²) in [7, 11) is 6.15. The van der Waals surface area contributed by atoms with E-state index in [2.05, 4.69) is 57.9 Å². The zero-order valence-corrected chi connectivity index (χ0v) is 17.6. The zero-order chi connectivity index (χ0) is 20.9. The summed E-state index contributed by atoms with van der Waals surface area (Å²) in [6, 6.07) is 16.3. The van der Waals surface area contributed by atoms with Crippen molar-refractivity contribution in [2.45, 2.75) is 6.54 Å². The minimum absolute atomic E-state index is 0.650. The molecule has 0 atom stereocenters. The fourth-order valence-electron chi connectivity index (χ4n) is 3.19. The molecule has 8 heteroatoms. The molecule has 2 N–H and O–H groups in total. The number of hydrogen-bond donors (Lipinski definition) is 2. The van der Waals surface area contributed by atoms with Crippen LogP contribution in [0.2, 0.25) is 0 Å². The average molecular weight is 399 g/mol. The van der Waals surface area contributed by atoms with Gasteiger partial charge in [0.15, 0.2) is 5.65 Å². The van der Waals surface area contributed by atoms with Crippen LogP contribution >= 0.6 is 0 Å². The maximum absolute atomic E-state index is 4.81. The maximum atomic E-state index is 4.81. The third-order valence-electron chi connectivity index (χ3n) is 4.88. The first-order valence-corrected chi connectivity index (χ1v) is 10.1. The van der Waals surface area contributed by atoms with Crippen LogP contribution in [-0.4, -0.2) is 59.5 Å². The maximum Gasteiger partial charge on any atom is 0.151 e. The third kappa shape index (κ3) is 4.60. The normalized spacial score (nSPS) is 11.2. The molecule has 3 heterocycles. The molecule has 3 aromatic heterocycles. The molecule has 0 unspecified atom stereocenters. The molecule has 0 saturated carbocycles. The van der Waals surface area contributed by atoms with Gasteiger partial charge in [-0.25, -0.2) is 9.97 Å². The van der Waals surface area contributed by atoms with Gasteiger partial charge in [-0.15, -0.1) is 0 Å². The molecule has 4 aromatic rings. The Labute approximate surface area is 177 Å². The number of anilines is 2. The van der Waals surface area contributed by atoms with Gasteiger partial charge in [-0.05, 0) is 31.2 Å². The Morgan fingerprint density at radius 3 is 2.60 bits per heavy atom. The lowest BCUT2D eigenvalue weighted by Crippen LogP contribution is -2.21. The van der Waals surface area contributed by atoms with Gasteiger partial charge in [0, 0.05) is 43.7 Å². The standard InChI is InChI=1S/C22H26BN7/c1-29(2)11-10-24-20-9-8-16(13-25-20)14-26-21-12-19(17-6-4-3-5-7-17)28-22-18(23)15-27-30(21)22/h3-9,12-13,15,26H,10-11,14,23H2,1-2H3,(H,24,25). The second-order valence-corrected chi connectivity index (χ2v) is 7.59. The lowest BCUT2D eigenvalue weighted by Gasteiger charge is -2.12. The van der Waals surface area contributed by atoms with Crippen LogP contribution in [0.4, 0.5) is 11.6 Å². The lowest BCUT2D eigenvalue weighted by atomic mass is 10.0. The van der Waals surface area contributed by atoms with Gasteiger partial charge >= 0.3 is 0 Å². The lowest BCUT2D eigenvalue weighted by molar-refractivity contribution is 0.425. The summed E-state index contributed by atoms with van der Waals surface area (Å²) in [5.74, 6) is 1.79. The number of aromatic nitrogens is 4. The van der Waals surface area contributed by atoms with E-state index in [4.69, 9.17) is 4.98 Å². The van der Waals surface area contributed by atoms with Gasteiger partial charge in [-0.2, -0.15) is 9.61 Å². The first-order chi connectivity index (χ1) is 14.6. The van der Waals surface area contributed by atoms with Crippen molar-refractivity contribution in [2.75, 3.05) is 37.8 Å². The highest BCUT2D eigenvalue weighted by atomic mass is 15.3. The van der Waals surface area contributed by atoms with E-state index in [0.717, 1.165) is 52.7 Å². The van der Waals surface area contributed by atoms with E-state index in [0.29, 0.717) is 6.54 Å². The van der Waals surface area contributed by atoms with Gasteiger partial charge < -0.3 is 15.5 Å². The van der Waals surface area contributed by atoms with Crippen LogP contribution in [-0.2, 0) is 6.54 Å². The number of likely N-dealkylation sites (N-methyl/N-ethyl adjacent to an activating group) is 1. The van der Waals surface area contributed by atoms with Crippen molar-refractivity contribution < 1.29 is 0 Å². The van der Waals surface area contributed by atoms with Crippen molar-refractivity contribution in [1.82, 2.24) is 24.5 Å². The number of fused-ring (bicyclic) bond motifs is 1. The Bertz CT molecular complexity index is 1110. The summed E-state index contributed by atoms with van der Waals surface area (Å²) in [4.78, 5) is 11.5. The summed E-state index contributed by atoms with van der Waals surface area (Å²) in [5.41, 5.74) is 5.01. The molecule has 0 fully saturated rings. The van der Waals surface area contributed by atoms with Crippen LogP contribution in [0.5, 0.6) is 0 Å². The molecule has 0 radical (unpaired) electrons. The molecular formula is C22H26BN7. The van der Waals surface area contributed by atoms with Crippen molar-refractivity contribution in [3.8, 4) is 11.3 Å². The molecule has 0 spiro atoms. The van der Waals surface area contributed by atoms with Gasteiger partial charge in [-0.3, -0.25) is 0 Å². The van der Waals surface area contributed by atoms with Crippen LogP contribution in [0.15, 0.2) is 60.9 Å². The van der Waals surface area contributed by atoms with Gasteiger partial charge in [-0.1, -0.05) is 36.4 Å². The molecule has 0 aliphatic rings. The Morgan fingerprint density at radius 2 is 1.87 bits per heavy atom. The van der Waals surface area contributed by atoms with Gasteiger partial charge in [0.2, 0.25) is 0 Å². The molecule has 0 aliphatic carbocycles. The highest BCUT2D eigenvalue weighted by molar-refractivity contribution is 6.36. The first kappa shape index (κ1) is 19.9. The van der Waals surface area contributed by atoms with Gasteiger partial charge in [0.05, 0.1) is 5.69 Å². The fourth-order valence-corrected chi connectivity index (χ4v) is 3.19. The summed E-state index contributed by atoms with van der Waals surface area (Å²) in [6.07, 6.45) is 3.74. The topological polar surface area (TPSA) is 70.4 Å². The van der Waals surface area contributed by atoms with Crippen molar-refractivity contribution in [3.05, 3.63) is 66.5 Å². The summed E-state index contributed by atoms with van der Waals surface area (Å²) in [6.45, 7) is 2.49. The van der Waals surface area contributed by atoms with Gasteiger partial charge in [0.1, 0.15) is 19.5 Å². The molecule has 0 amide bonds. The molecule has 152 valence electrons. The highest BCUT2D eigenvalue weighted by Gasteiger charge is 2.10. The fraction of sp³-hybridized carbons (Fsp3) is 0.227.